The topological polar surface area (TPSA) is 65.1 Å². The molecule has 19 heavy (non-hydrogen) atoms. The Morgan fingerprint density at radius 2 is 2.16 bits per heavy atom. The summed E-state index contributed by atoms with van der Waals surface area (Å²) < 4.78 is 8.90. The summed E-state index contributed by atoms with van der Waals surface area (Å²) in [6.07, 6.45) is 4.37. The van der Waals surface area contributed by atoms with Crippen LogP contribution in [0.15, 0.2) is 12.4 Å². The van der Waals surface area contributed by atoms with E-state index in [1.54, 1.807) is 25.0 Å². The van der Waals surface area contributed by atoms with Gasteiger partial charge in [-0.3, -0.25) is 0 Å². The van der Waals surface area contributed by atoms with Crippen molar-refractivity contribution in [3.8, 4) is 5.88 Å². The number of aromatic nitrogens is 4. The van der Waals surface area contributed by atoms with E-state index in [-0.39, 0.29) is 0 Å². The van der Waals surface area contributed by atoms with Crippen LogP contribution >= 0.6 is 0 Å². The summed E-state index contributed by atoms with van der Waals surface area (Å²) in [5.41, 5.74) is 1.56. The van der Waals surface area contributed by atoms with Gasteiger partial charge in [-0.1, -0.05) is 0 Å². The zero-order valence-corrected chi connectivity index (χ0v) is 11.8. The summed E-state index contributed by atoms with van der Waals surface area (Å²) >= 11 is 0. The SMILES string of the molecule is COc1c(C(O)CCc2nccn2C)c(C)nn1C. The first-order valence-corrected chi connectivity index (χ1v) is 6.26. The van der Waals surface area contributed by atoms with E-state index in [9.17, 15) is 5.11 Å². The molecule has 2 aromatic rings. The second kappa shape index (κ2) is 5.44. The third-order valence-corrected chi connectivity index (χ3v) is 3.30. The minimum atomic E-state index is -0.597. The van der Waals surface area contributed by atoms with Gasteiger partial charge in [0.25, 0.3) is 0 Å². The summed E-state index contributed by atoms with van der Waals surface area (Å²) in [6, 6.07) is 0. The van der Waals surface area contributed by atoms with Crippen molar-refractivity contribution < 1.29 is 9.84 Å². The van der Waals surface area contributed by atoms with Gasteiger partial charge in [-0.15, -0.1) is 0 Å². The van der Waals surface area contributed by atoms with Gasteiger partial charge >= 0.3 is 0 Å². The van der Waals surface area contributed by atoms with Gasteiger partial charge in [-0.05, 0) is 13.3 Å². The highest BCUT2D eigenvalue weighted by molar-refractivity contribution is 5.33. The Labute approximate surface area is 112 Å². The molecule has 0 bridgehead atoms. The summed E-state index contributed by atoms with van der Waals surface area (Å²) in [4.78, 5) is 4.25. The van der Waals surface area contributed by atoms with Crippen molar-refractivity contribution in [2.75, 3.05) is 7.11 Å². The lowest BCUT2D eigenvalue weighted by Gasteiger charge is -2.12. The normalized spacial score (nSPS) is 12.7. The van der Waals surface area contributed by atoms with Gasteiger partial charge in [-0.2, -0.15) is 5.10 Å². The molecule has 104 valence electrons. The standard InChI is InChI=1S/C13H20N4O2/c1-9-12(13(19-4)17(3)15-9)10(18)5-6-11-14-7-8-16(11)2/h7-8,10,18H,5-6H2,1-4H3. The van der Waals surface area contributed by atoms with Gasteiger partial charge in [0.15, 0.2) is 0 Å². The third kappa shape index (κ3) is 2.63. The maximum absolute atomic E-state index is 10.3. The Bertz CT molecular complexity index is 559. The molecule has 0 amide bonds. The molecule has 0 saturated carbocycles. The molecule has 2 aromatic heterocycles. The van der Waals surface area contributed by atoms with Crippen molar-refractivity contribution in [2.24, 2.45) is 14.1 Å². The maximum Gasteiger partial charge on any atom is 0.217 e. The molecule has 2 heterocycles. The first-order valence-electron chi connectivity index (χ1n) is 6.26. The molecule has 6 nitrogen and oxygen atoms in total. The van der Waals surface area contributed by atoms with E-state index in [4.69, 9.17) is 4.74 Å². The van der Waals surface area contributed by atoms with Crippen molar-refractivity contribution in [3.63, 3.8) is 0 Å². The largest absolute Gasteiger partial charge is 0.481 e. The molecule has 0 saturated heterocycles. The minimum Gasteiger partial charge on any atom is -0.481 e. The molecule has 0 aliphatic heterocycles. The predicted molar refractivity (Wildman–Crippen MR) is 71.0 cm³/mol. The van der Waals surface area contributed by atoms with Crippen LogP contribution in [-0.4, -0.2) is 31.5 Å². The molecule has 1 N–H and O–H groups in total. The molecule has 0 aromatic carbocycles. The van der Waals surface area contributed by atoms with Crippen LogP contribution in [0.25, 0.3) is 0 Å². The number of methoxy groups -OCH3 is 1. The average Bonchev–Trinajstić information content (AvgIpc) is 2.89. The zero-order valence-electron chi connectivity index (χ0n) is 11.8. The van der Waals surface area contributed by atoms with Gasteiger partial charge in [0, 0.05) is 32.9 Å². The Balaban J connectivity index is 2.12. The Morgan fingerprint density at radius 3 is 2.74 bits per heavy atom. The second-order valence-corrected chi connectivity index (χ2v) is 4.64. The number of hydrogen-bond acceptors (Lipinski definition) is 4. The van der Waals surface area contributed by atoms with E-state index < -0.39 is 6.10 Å². The van der Waals surface area contributed by atoms with Crippen LogP contribution in [0.5, 0.6) is 5.88 Å². The van der Waals surface area contributed by atoms with Crippen LogP contribution in [0.3, 0.4) is 0 Å². The van der Waals surface area contributed by atoms with E-state index in [1.807, 2.05) is 24.7 Å². The summed E-state index contributed by atoms with van der Waals surface area (Å²) in [5.74, 6) is 1.57. The van der Waals surface area contributed by atoms with E-state index >= 15 is 0 Å². The fourth-order valence-corrected chi connectivity index (χ4v) is 2.33. The average molecular weight is 264 g/mol. The molecule has 0 spiro atoms. The molecule has 1 atom stereocenters. The molecule has 6 heteroatoms. The van der Waals surface area contributed by atoms with E-state index in [1.165, 1.54) is 0 Å². The number of rotatable bonds is 5. The Morgan fingerprint density at radius 1 is 1.42 bits per heavy atom. The molecule has 1 unspecified atom stereocenters. The highest BCUT2D eigenvalue weighted by Crippen LogP contribution is 2.30. The zero-order chi connectivity index (χ0) is 14.0. The van der Waals surface area contributed by atoms with Gasteiger partial charge in [0.05, 0.1) is 24.5 Å². The van der Waals surface area contributed by atoms with Crippen molar-refractivity contribution in [3.05, 3.63) is 29.5 Å². The molecular weight excluding hydrogens is 244 g/mol. The lowest BCUT2D eigenvalue weighted by atomic mass is 10.1. The minimum absolute atomic E-state index is 0.591. The van der Waals surface area contributed by atoms with Gasteiger partial charge < -0.3 is 14.4 Å². The van der Waals surface area contributed by atoms with E-state index in [0.717, 1.165) is 17.1 Å². The molecule has 0 aliphatic carbocycles. The van der Waals surface area contributed by atoms with Crippen LogP contribution in [-0.2, 0) is 20.5 Å². The number of nitrogens with zero attached hydrogens (tertiary/aromatic N) is 4. The van der Waals surface area contributed by atoms with Crippen LogP contribution in [0.2, 0.25) is 0 Å². The molecule has 2 rings (SSSR count). The monoisotopic (exact) mass is 264 g/mol. The highest BCUT2D eigenvalue weighted by Gasteiger charge is 2.21. The number of ether oxygens (including phenoxy) is 1. The molecule has 0 aliphatic rings. The van der Waals surface area contributed by atoms with Crippen molar-refractivity contribution >= 4 is 0 Å². The quantitative estimate of drug-likeness (QED) is 0.879. The number of aliphatic hydroxyl groups excluding tert-OH is 1. The number of hydrogen-bond donors (Lipinski definition) is 1. The van der Waals surface area contributed by atoms with E-state index in [2.05, 4.69) is 10.1 Å². The van der Waals surface area contributed by atoms with Crippen molar-refractivity contribution in [1.82, 2.24) is 19.3 Å². The molecule has 0 fully saturated rings. The first-order chi connectivity index (χ1) is 9.04. The van der Waals surface area contributed by atoms with E-state index in [0.29, 0.717) is 18.7 Å². The Hall–Kier alpha value is -1.82. The van der Waals surface area contributed by atoms with Crippen LogP contribution in [0.1, 0.15) is 29.6 Å². The first kappa shape index (κ1) is 13.6. The number of aryl methyl sites for hydroxylation is 4. The second-order valence-electron chi connectivity index (χ2n) is 4.64. The number of aliphatic hydroxyl groups is 1. The van der Waals surface area contributed by atoms with Crippen molar-refractivity contribution in [1.29, 1.82) is 0 Å². The summed E-state index contributed by atoms with van der Waals surface area (Å²) in [6.45, 7) is 1.88. The van der Waals surface area contributed by atoms with Gasteiger partial charge in [-0.25, -0.2) is 9.67 Å². The smallest absolute Gasteiger partial charge is 0.217 e. The third-order valence-electron chi connectivity index (χ3n) is 3.30. The molecular formula is C13H20N4O2. The number of imidazole rings is 1. The fraction of sp³-hybridized carbons (Fsp3) is 0.538. The van der Waals surface area contributed by atoms with Gasteiger partial charge in [0.1, 0.15) is 5.82 Å². The maximum atomic E-state index is 10.3. The highest BCUT2D eigenvalue weighted by atomic mass is 16.5. The lowest BCUT2D eigenvalue weighted by Crippen LogP contribution is -2.06. The fourth-order valence-electron chi connectivity index (χ4n) is 2.33. The summed E-state index contributed by atoms with van der Waals surface area (Å²) in [7, 11) is 5.34. The van der Waals surface area contributed by atoms with Crippen LogP contribution in [0.4, 0.5) is 0 Å². The predicted octanol–water partition coefficient (Wildman–Crippen LogP) is 1.14. The van der Waals surface area contributed by atoms with Crippen LogP contribution < -0.4 is 4.74 Å². The molecule has 0 radical (unpaired) electrons. The van der Waals surface area contributed by atoms with Crippen molar-refractivity contribution in [2.45, 2.75) is 25.9 Å². The summed E-state index contributed by atoms with van der Waals surface area (Å²) in [5, 5.41) is 14.6. The Kier molecular flexibility index (Phi) is 3.90. The van der Waals surface area contributed by atoms with Crippen LogP contribution in [0, 0.1) is 6.92 Å². The lowest BCUT2D eigenvalue weighted by molar-refractivity contribution is 0.161. The van der Waals surface area contributed by atoms with Gasteiger partial charge in [0.2, 0.25) is 5.88 Å².